The number of hydrogen-bond acceptors (Lipinski definition) is 6. The van der Waals surface area contributed by atoms with Gasteiger partial charge in [-0.2, -0.15) is 0 Å². The number of amides is 3. The maximum Gasteiger partial charge on any atom is 0.323 e. The number of anilines is 2. The van der Waals surface area contributed by atoms with Crippen LogP contribution in [0.1, 0.15) is 51.5 Å². The zero-order chi connectivity index (χ0) is 29.4. The number of fused-ring (bicyclic) bond motifs is 1. The zero-order valence-corrected chi connectivity index (χ0v) is 24.9. The van der Waals surface area contributed by atoms with E-state index in [0.29, 0.717) is 35.0 Å². The number of urea groups is 1. The van der Waals surface area contributed by atoms with Gasteiger partial charge in [-0.3, -0.25) is 4.79 Å². The van der Waals surface area contributed by atoms with E-state index in [1.54, 1.807) is 48.4 Å². The summed E-state index contributed by atoms with van der Waals surface area (Å²) in [7, 11) is 3.75. The molecule has 1 aliphatic carbocycles. The number of nitrogens with zero attached hydrogens (tertiary/aromatic N) is 2. The molecule has 0 saturated heterocycles. The topological polar surface area (TPSA) is 103 Å². The highest BCUT2D eigenvalue weighted by Gasteiger charge is 2.31. The number of likely N-dealkylation sites (N-methyl/N-ethyl adjacent to an activating group) is 1. The van der Waals surface area contributed by atoms with Crippen molar-refractivity contribution in [3.63, 3.8) is 0 Å². The summed E-state index contributed by atoms with van der Waals surface area (Å²) < 4.78 is 11.8. The van der Waals surface area contributed by atoms with Gasteiger partial charge in [-0.15, -0.1) is 0 Å². The van der Waals surface area contributed by atoms with Crippen LogP contribution in [-0.4, -0.2) is 79.4 Å². The molecule has 224 valence electrons. The van der Waals surface area contributed by atoms with Crippen LogP contribution in [0, 0.1) is 11.8 Å². The summed E-state index contributed by atoms with van der Waals surface area (Å²) in [5.41, 5.74) is 1.90. The lowest BCUT2D eigenvalue weighted by atomic mass is 9.89. The highest BCUT2D eigenvalue weighted by atomic mass is 16.5. The first-order valence-corrected chi connectivity index (χ1v) is 14.9. The number of aliphatic hydroxyl groups is 1. The van der Waals surface area contributed by atoms with Crippen LogP contribution in [0.2, 0.25) is 0 Å². The van der Waals surface area contributed by atoms with Crippen LogP contribution < -0.4 is 20.1 Å². The standard InChI is InChI=1S/C32H46N4O5/c1-22-18-36(23(2)21-37)31(38)17-25-16-27(34-32(39)33-26-10-13-28(40-4)14-11-26)12-15-29(25)41-30(22)20-35(3)19-24-8-6-5-7-9-24/h10-16,22-24,30,37H,5-9,17-21H2,1-4H3,(H2,33,34,39)/t22-,23+,30+/m1/s1. The van der Waals surface area contributed by atoms with E-state index in [1.807, 2.05) is 13.0 Å². The largest absolute Gasteiger partial charge is 0.497 e. The van der Waals surface area contributed by atoms with Gasteiger partial charge in [0.2, 0.25) is 5.91 Å². The molecular formula is C32H46N4O5. The van der Waals surface area contributed by atoms with Crippen LogP contribution in [0.3, 0.4) is 0 Å². The fourth-order valence-corrected chi connectivity index (χ4v) is 5.89. The Morgan fingerprint density at radius 3 is 2.46 bits per heavy atom. The molecule has 41 heavy (non-hydrogen) atoms. The predicted octanol–water partition coefficient (Wildman–Crippen LogP) is 5.00. The van der Waals surface area contributed by atoms with Gasteiger partial charge in [-0.1, -0.05) is 26.2 Å². The van der Waals surface area contributed by atoms with Crippen LogP contribution in [0.4, 0.5) is 16.2 Å². The van der Waals surface area contributed by atoms with E-state index >= 15 is 0 Å². The van der Waals surface area contributed by atoms with Gasteiger partial charge in [0, 0.05) is 42.5 Å². The van der Waals surface area contributed by atoms with Crippen molar-refractivity contribution in [1.82, 2.24) is 9.80 Å². The lowest BCUT2D eigenvalue weighted by molar-refractivity contribution is -0.134. The second-order valence-electron chi connectivity index (χ2n) is 11.7. The van der Waals surface area contributed by atoms with Gasteiger partial charge in [0.15, 0.2) is 0 Å². The minimum absolute atomic E-state index is 0.0563. The minimum atomic E-state index is -0.392. The Morgan fingerprint density at radius 1 is 1.10 bits per heavy atom. The van der Waals surface area contributed by atoms with Gasteiger partial charge in [-0.05, 0) is 75.2 Å². The van der Waals surface area contributed by atoms with Crippen molar-refractivity contribution < 1.29 is 24.2 Å². The van der Waals surface area contributed by atoms with Crippen molar-refractivity contribution in [2.75, 3.05) is 51.0 Å². The molecule has 1 fully saturated rings. The first-order valence-electron chi connectivity index (χ1n) is 14.9. The molecule has 2 aliphatic rings. The number of nitrogens with one attached hydrogen (secondary N) is 2. The van der Waals surface area contributed by atoms with Crippen molar-refractivity contribution in [2.24, 2.45) is 11.8 Å². The molecule has 1 saturated carbocycles. The second kappa shape index (κ2) is 14.5. The van der Waals surface area contributed by atoms with Gasteiger partial charge < -0.3 is 35.0 Å². The average molecular weight is 567 g/mol. The van der Waals surface area contributed by atoms with Crippen molar-refractivity contribution >= 4 is 23.3 Å². The summed E-state index contributed by atoms with van der Waals surface area (Å²) in [5.74, 6) is 2.06. The molecule has 0 bridgehead atoms. The summed E-state index contributed by atoms with van der Waals surface area (Å²) in [6.07, 6.45) is 6.51. The maximum absolute atomic E-state index is 13.5. The number of carbonyl (C=O) groups excluding carboxylic acids is 2. The van der Waals surface area contributed by atoms with Crippen molar-refractivity contribution in [2.45, 2.75) is 64.5 Å². The molecular weight excluding hydrogens is 520 g/mol. The molecule has 1 aliphatic heterocycles. The molecule has 2 aromatic rings. The van der Waals surface area contributed by atoms with Gasteiger partial charge in [0.25, 0.3) is 0 Å². The first-order chi connectivity index (χ1) is 19.7. The number of methoxy groups -OCH3 is 1. The highest BCUT2D eigenvalue weighted by molar-refractivity contribution is 6.00. The second-order valence-corrected chi connectivity index (χ2v) is 11.7. The van der Waals surface area contributed by atoms with Crippen molar-refractivity contribution in [3.8, 4) is 11.5 Å². The number of benzene rings is 2. The molecule has 4 rings (SSSR count). The molecule has 3 amide bonds. The third-order valence-corrected chi connectivity index (χ3v) is 8.31. The Hall–Kier alpha value is -3.30. The third kappa shape index (κ3) is 8.60. The Morgan fingerprint density at radius 2 is 1.78 bits per heavy atom. The molecule has 3 atom stereocenters. The molecule has 1 heterocycles. The summed E-state index contributed by atoms with van der Waals surface area (Å²) in [6.45, 7) is 6.18. The number of rotatable bonds is 9. The van der Waals surface area contributed by atoms with Crippen LogP contribution in [0.25, 0.3) is 0 Å². The minimum Gasteiger partial charge on any atom is -0.497 e. The zero-order valence-electron chi connectivity index (χ0n) is 24.9. The van der Waals surface area contributed by atoms with Crippen LogP contribution in [-0.2, 0) is 11.2 Å². The molecule has 0 aromatic heterocycles. The molecule has 2 aromatic carbocycles. The lowest BCUT2D eigenvalue weighted by Crippen LogP contribution is -2.48. The van der Waals surface area contributed by atoms with Gasteiger partial charge in [0.05, 0.1) is 26.2 Å². The summed E-state index contributed by atoms with van der Waals surface area (Å²) in [5, 5.41) is 15.6. The summed E-state index contributed by atoms with van der Waals surface area (Å²) in [6, 6.07) is 11.8. The van der Waals surface area contributed by atoms with Gasteiger partial charge >= 0.3 is 6.03 Å². The van der Waals surface area contributed by atoms with E-state index in [9.17, 15) is 14.7 Å². The highest BCUT2D eigenvalue weighted by Crippen LogP contribution is 2.30. The lowest BCUT2D eigenvalue weighted by Gasteiger charge is -2.35. The van der Waals surface area contributed by atoms with E-state index in [2.05, 4.69) is 29.5 Å². The average Bonchev–Trinajstić information content (AvgIpc) is 3.01. The van der Waals surface area contributed by atoms with E-state index in [-0.39, 0.29) is 37.0 Å². The van der Waals surface area contributed by atoms with Crippen molar-refractivity contribution in [1.29, 1.82) is 0 Å². The van der Waals surface area contributed by atoms with Gasteiger partial charge in [-0.25, -0.2) is 4.79 Å². The maximum atomic E-state index is 13.5. The van der Waals surface area contributed by atoms with Crippen molar-refractivity contribution in [3.05, 3.63) is 48.0 Å². The Balaban J connectivity index is 1.52. The fraction of sp³-hybridized carbons (Fsp3) is 0.562. The van der Waals surface area contributed by atoms with Gasteiger partial charge in [0.1, 0.15) is 17.6 Å². The third-order valence-electron chi connectivity index (χ3n) is 8.31. The predicted molar refractivity (Wildman–Crippen MR) is 162 cm³/mol. The Bertz CT molecular complexity index is 1150. The fourth-order valence-electron chi connectivity index (χ4n) is 5.89. The number of carbonyl (C=O) groups is 2. The monoisotopic (exact) mass is 566 g/mol. The van der Waals surface area contributed by atoms with E-state index < -0.39 is 6.03 Å². The Labute approximate surface area is 244 Å². The number of hydrogen-bond donors (Lipinski definition) is 3. The Kier molecular flexibility index (Phi) is 10.9. The molecule has 0 radical (unpaired) electrons. The molecule has 0 spiro atoms. The number of aliphatic hydroxyl groups excluding tert-OH is 1. The van der Waals surface area contributed by atoms with E-state index in [4.69, 9.17) is 9.47 Å². The van der Waals surface area contributed by atoms with Crippen LogP contribution in [0.15, 0.2) is 42.5 Å². The SMILES string of the molecule is COc1ccc(NC(=O)Nc2ccc3c(c2)CC(=O)N([C@@H](C)CO)C[C@@H](C)[C@H](CN(C)CC2CCCCC2)O3)cc1. The quantitative estimate of drug-likeness (QED) is 0.395. The van der Waals surface area contributed by atoms with E-state index in [1.165, 1.54) is 32.1 Å². The smallest absolute Gasteiger partial charge is 0.323 e. The molecule has 9 heteroatoms. The van der Waals surface area contributed by atoms with Crippen LogP contribution in [0.5, 0.6) is 11.5 Å². The van der Waals surface area contributed by atoms with E-state index in [0.717, 1.165) is 19.0 Å². The number of ether oxygens (including phenoxy) is 2. The summed E-state index contributed by atoms with van der Waals surface area (Å²) in [4.78, 5) is 30.3. The van der Waals surface area contributed by atoms with Crippen LogP contribution >= 0.6 is 0 Å². The molecule has 0 unspecified atom stereocenters. The molecule has 3 N–H and O–H groups in total. The normalized spacial score (nSPS) is 20.7. The molecule has 9 nitrogen and oxygen atoms in total. The first kappa shape index (κ1) is 30.7. The summed E-state index contributed by atoms with van der Waals surface area (Å²) >= 11 is 0.